The van der Waals surface area contributed by atoms with Crippen molar-refractivity contribution in [2.75, 3.05) is 11.1 Å². The van der Waals surface area contributed by atoms with E-state index in [1.54, 1.807) is 0 Å². The number of nitrogen functional groups attached to an aromatic ring is 1. The Bertz CT molecular complexity index is 767. The minimum Gasteiger partial charge on any atom is -0.398 e. The van der Waals surface area contributed by atoms with E-state index in [0.717, 1.165) is 0 Å². The quantitative estimate of drug-likeness (QED) is 0.437. The van der Waals surface area contributed by atoms with E-state index in [1.807, 2.05) is 0 Å². The largest absolute Gasteiger partial charge is 0.407 e. The van der Waals surface area contributed by atoms with E-state index in [4.69, 9.17) is 16.9 Å². The van der Waals surface area contributed by atoms with Crippen molar-refractivity contribution in [2.45, 2.75) is 12.2 Å². The summed E-state index contributed by atoms with van der Waals surface area (Å²) in [5.74, 6) is -0.266. The van der Waals surface area contributed by atoms with Gasteiger partial charge in [-0.2, -0.15) is 13.2 Å². The maximum Gasteiger partial charge on any atom is 0.407 e. The Balaban J connectivity index is 2.19. The number of nitrogens with one attached hydrogen (secondary N) is 3. The number of alkyl halides is 3. The molecule has 0 spiro atoms. The molecule has 7 N–H and O–H groups in total. The molecule has 6 nitrogen and oxygen atoms in total. The highest BCUT2D eigenvalue weighted by atomic mass is 19.4. The first-order valence-electron chi connectivity index (χ1n) is 6.45. The van der Waals surface area contributed by atoms with Crippen LogP contribution >= 0.6 is 0 Å². The summed E-state index contributed by atoms with van der Waals surface area (Å²) in [6, 6.07) is 4.42. The van der Waals surface area contributed by atoms with E-state index in [0.29, 0.717) is 5.69 Å². The second-order valence-corrected chi connectivity index (χ2v) is 4.78. The first-order chi connectivity index (χ1) is 10.7. The van der Waals surface area contributed by atoms with Gasteiger partial charge in [-0.1, -0.05) is 12.1 Å². The molecule has 23 heavy (non-hydrogen) atoms. The molecule has 9 heteroatoms. The van der Waals surface area contributed by atoms with Crippen molar-refractivity contribution < 1.29 is 13.2 Å². The number of hydrogen-bond acceptors (Lipinski definition) is 4. The standard InChI is InChI=1S/C14H14F3N5O/c15-14(16,17)11(19)7-1-3-8(4-2-7)22-12(20)10-9(18)5-6-21-13(10)23/h1-6,11H,19H2,(H2,20,22)(H3,18,21,23). The smallest absolute Gasteiger partial charge is 0.398 e. The third kappa shape index (κ3) is 3.69. The molecule has 0 saturated heterocycles. The van der Waals surface area contributed by atoms with Crippen LogP contribution in [-0.2, 0) is 0 Å². The molecule has 1 atom stereocenters. The Morgan fingerprint density at radius 3 is 2.35 bits per heavy atom. The zero-order valence-electron chi connectivity index (χ0n) is 11.7. The number of aromatic nitrogens is 1. The van der Waals surface area contributed by atoms with Crippen molar-refractivity contribution in [3.05, 3.63) is 58.0 Å². The average Bonchev–Trinajstić information content (AvgIpc) is 2.46. The van der Waals surface area contributed by atoms with E-state index < -0.39 is 17.8 Å². The second-order valence-electron chi connectivity index (χ2n) is 4.78. The molecule has 0 amide bonds. The van der Waals surface area contributed by atoms with Gasteiger partial charge in [-0.25, -0.2) is 0 Å². The van der Waals surface area contributed by atoms with Crippen LogP contribution in [0, 0.1) is 5.41 Å². The SMILES string of the molecule is N=C(Nc1ccc(C(N)C(F)(F)F)cc1)c1c(N)cc[nH]c1=O. The molecule has 2 rings (SSSR count). The van der Waals surface area contributed by atoms with E-state index in [2.05, 4.69) is 10.3 Å². The summed E-state index contributed by atoms with van der Waals surface area (Å²) in [5.41, 5.74) is 10.5. The van der Waals surface area contributed by atoms with Gasteiger partial charge in [0.15, 0.2) is 0 Å². The first-order valence-corrected chi connectivity index (χ1v) is 6.45. The van der Waals surface area contributed by atoms with Crippen molar-refractivity contribution in [3.63, 3.8) is 0 Å². The Hall–Kier alpha value is -2.81. The Labute approximate surface area is 128 Å². The fraction of sp³-hybridized carbons (Fsp3) is 0.143. The molecular weight excluding hydrogens is 311 g/mol. The molecule has 0 bridgehead atoms. The minimum absolute atomic E-state index is 0.0523. The average molecular weight is 325 g/mol. The molecule has 2 aromatic rings. The number of anilines is 2. The number of rotatable bonds is 3. The highest BCUT2D eigenvalue weighted by Gasteiger charge is 2.37. The minimum atomic E-state index is -4.53. The first kappa shape index (κ1) is 16.6. The highest BCUT2D eigenvalue weighted by Crippen LogP contribution is 2.30. The molecule has 1 aromatic carbocycles. The lowest BCUT2D eigenvalue weighted by atomic mass is 10.1. The Kier molecular flexibility index (Phi) is 4.41. The van der Waals surface area contributed by atoms with E-state index in [-0.39, 0.29) is 22.6 Å². The lowest BCUT2D eigenvalue weighted by molar-refractivity contribution is -0.149. The lowest BCUT2D eigenvalue weighted by Crippen LogP contribution is -2.28. The van der Waals surface area contributed by atoms with Gasteiger partial charge in [0.2, 0.25) is 0 Å². The zero-order chi connectivity index (χ0) is 17.2. The van der Waals surface area contributed by atoms with Crippen LogP contribution in [0.25, 0.3) is 0 Å². The summed E-state index contributed by atoms with van der Waals surface area (Å²) in [4.78, 5) is 14.1. The van der Waals surface area contributed by atoms with Crippen LogP contribution in [0.1, 0.15) is 17.2 Å². The summed E-state index contributed by atoms with van der Waals surface area (Å²) in [7, 11) is 0. The van der Waals surface area contributed by atoms with Gasteiger partial charge in [0.1, 0.15) is 17.4 Å². The highest BCUT2D eigenvalue weighted by molar-refractivity contribution is 6.09. The van der Waals surface area contributed by atoms with Crippen LogP contribution in [-0.4, -0.2) is 17.0 Å². The van der Waals surface area contributed by atoms with Gasteiger partial charge >= 0.3 is 6.18 Å². The predicted molar refractivity (Wildman–Crippen MR) is 81.4 cm³/mol. The van der Waals surface area contributed by atoms with E-state index >= 15 is 0 Å². The van der Waals surface area contributed by atoms with Crippen molar-refractivity contribution in [1.82, 2.24) is 4.98 Å². The Morgan fingerprint density at radius 1 is 1.22 bits per heavy atom. The third-order valence-electron chi connectivity index (χ3n) is 3.13. The molecule has 1 unspecified atom stereocenters. The fourth-order valence-electron chi connectivity index (χ4n) is 1.92. The number of H-pyrrole nitrogens is 1. The van der Waals surface area contributed by atoms with E-state index in [1.165, 1.54) is 36.5 Å². The summed E-state index contributed by atoms with van der Waals surface area (Å²) >= 11 is 0. The van der Waals surface area contributed by atoms with Gasteiger partial charge < -0.3 is 21.8 Å². The Morgan fingerprint density at radius 2 is 1.83 bits per heavy atom. The van der Waals surface area contributed by atoms with Gasteiger partial charge in [0, 0.05) is 17.6 Å². The van der Waals surface area contributed by atoms with Gasteiger partial charge in [0.05, 0.1) is 0 Å². The summed E-state index contributed by atoms with van der Waals surface area (Å²) in [5, 5.41) is 10.5. The zero-order valence-corrected chi connectivity index (χ0v) is 11.7. The van der Waals surface area contributed by atoms with Crippen LogP contribution in [0.3, 0.4) is 0 Å². The van der Waals surface area contributed by atoms with Gasteiger partial charge in [-0.15, -0.1) is 0 Å². The maximum atomic E-state index is 12.5. The third-order valence-corrected chi connectivity index (χ3v) is 3.13. The normalized spacial score (nSPS) is 12.7. The number of aromatic amines is 1. The molecule has 0 saturated carbocycles. The number of hydrogen-bond donors (Lipinski definition) is 5. The van der Waals surface area contributed by atoms with Crippen LogP contribution in [0.2, 0.25) is 0 Å². The van der Waals surface area contributed by atoms with Crippen LogP contribution in [0.4, 0.5) is 24.5 Å². The van der Waals surface area contributed by atoms with Crippen molar-refractivity contribution in [1.29, 1.82) is 5.41 Å². The second kappa shape index (κ2) is 6.13. The fourth-order valence-corrected chi connectivity index (χ4v) is 1.92. The van der Waals surface area contributed by atoms with Crippen LogP contribution < -0.4 is 22.3 Å². The predicted octanol–water partition coefficient (Wildman–Crippen LogP) is 1.96. The van der Waals surface area contributed by atoms with Crippen molar-refractivity contribution in [3.8, 4) is 0 Å². The molecule has 0 aliphatic heterocycles. The number of halogens is 3. The van der Waals surface area contributed by atoms with Crippen molar-refractivity contribution >= 4 is 17.2 Å². The lowest BCUT2D eigenvalue weighted by Gasteiger charge is -2.16. The number of pyridine rings is 1. The van der Waals surface area contributed by atoms with Crippen molar-refractivity contribution in [2.24, 2.45) is 5.73 Å². The molecule has 0 aliphatic carbocycles. The van der Waals surface area contributed by atoms with Gasteiger partial charge in [-0.05, 0) is 23.8 Å². The van der Waals surface area contributed by atoms with Gasteiger partial charge in [-0.3, -0.25) is 10.2 Å². The van der Waals surface area contributed by atoms with Crippen LogP contribution in [0.15, 0.2) is 41.3 Å². The molecule has 1 aromatic heterocycles. The molecule has 0 fully saturated rings. The molecular formula is C14H14F3N5O. The molecule has 0 radical (unpaired) electrons. The molecule has 1 heterocycles. The summed E-state index contributed by atoms with van der Waals surface area (Å²) in [6.07, 6.45) is -3.19. The summed E-state index contributed by atoms with van der Waals surface area (Å²) < 4.78 is 37.6. The maximum absolute atomic E-state index is 12.5. The summed E-state index contributed by atoms with van der Waals surface area (Å²) in [6.45, 7) is 0. The number of benzene rings is 1. The monoisotopic (exact) mass is 325 g/mol. The topological polar surface area (TPSA) is 121 Å². The molecule has 122 valence electrons. The van der Waals surface area contributed by atoms with E-state index in [9.17, 15) is 18.0 Å². The molecule has 0 aliphatic rings. The number of amidine groups is 1. The van der Waals surface area contributed by atoms with Gasteiger partial charge in [0.25, 0.3) is 5.56 Å². The number of nitrogens with two attached hydrogens (primary N) is 2. The van der Waals surface area contributed by atoms with Crippen LogP contribution in [0.5, 0.6) is 0 Å².